The number of aromatic nitrogens is 1. The molecule has 0 fully saturated rings. The molecule has 0 atom stereocenters. The molecule has 0 unspecified atom stereocenters. The van der Waals surface area contributed by atoms with Gasteiger partial charge in [-0.15, -0.1) is 0 Å². The molecule has 2 rings (SSSR count). The second-order valence-electron chi connectivity index (χ2n) is 5.92. The normalized spacial score (nSPS) is 11.3. The number of nitrogens with one attached hydrogen (secondary N) is 1. The van der Waals surface area contributed by atoms with Gasteiger partial charge in [-0.05, 0) is 39.8 Å². The van der Waals surface area contributed by atoms with Crippen LogP contribution in [0.3, 0.4) is 0 Å². The van der Waals surface area contributed by atoms with E-state index in [1.165, 1.54) is 0 Å². The summed E-state index contributed by atoms with van der Waals surface area (Å²) in [5.41, 5.74) is 0.678. The quantitative estimate of drug-likeness (QED) is 0.869. The zero-order valence-electron chi connectivity index (χ0n) is 13.6. The average Bonchev–Trinajstić information content (AvgIpc) is 2.81. The van der Waals surface area contributed by atoms with Crippen LogP contribution in [-0.2, 0) is 20.7 Å². The van der Waals surface area contributed by atoms with Gasteiger partial charge in [0.1, 0.15) is 11.3 Å². The summed E-state index contributed by atoms with van der Waals surface area (Å²) in [6.07, 6.45) is -0.579. The molecule has 1 aromatic carbocycles. The molecule has 0 spiro atoms. The predicted molar refractivity (Wildman–Crippen MR) is 84.2 cm³/mol. The minimum absolute atomic E-state index is 0.0106. The summed E-state index contributed by atoms with van der Waals surface area (Å²) in [6.45, 7) is 7.37. The van der Waals surface area contributed by atoms with E-state index in [1.807, 2.05) is 0 Å². The molecule has 0 saturated heterocycles. The maximum Gasteiger partial charge on any atom is 0.412 e. The van der Waals surface area contributed by atoms with Gasteiger partial charge in [-0.25, -0.2) is 4.79 Å². The van der Waals surface area contributed by atoms with Gasteiger partial charge in [0.2, 0.25) is 0 Å². The highest BCUT2D eigenvalue weighted by molar-refractivity contribution is 5.98. The van der Waals surface area contributed by atoms with Gasteiger partial charge < -0.3 is 14.0 Å². The second-order valence-corrected chi connectivity index (χ2v) is 5.92. The molecule has 0 radical (unpaired) electrons. The molecule has 0 saturated carbocycles. The Morgan fingerprint density at radius 2 is 2.04 bits per heavy atom. The minimum atomic E-state index is -0.603. The lowest BCUT2D eigenvalue weighted by atomic mass is 10.1. The van der Waals surface area contributed by atoms with Crippen molar-refractivity contribution in [2.45, 2.75) is 39.7 Å². The topological polar surface area (TPSA) is 90.7 Å². The Kier molecular flexibility index (Phi) is 4.88. The minimum Gasteiger partial charge on any atom is -0.466 e. The lowest BCUT2D eigenvalue weighted by Gasteiger charge is -2.19. The summed E-state index contributed by atoms with van der Waals surface area (Å²) in [5, 5.41) is 7.16. The van der Waals surface area contributed by atoms with Gasteiger partial charge >= 0.3 is 12.1 Å². The number of fused-ring (bicyclic) bond motifs is 1. The third-order valence-electron chi connectivity index (χ3n) is 2.83. The number of benzene rings is 1. The maximum absolute atomic E-state index is 11.9. The van der Waals surface area contributed by atoms with Crippen LogP contribution in [0.25, 0.3) is 11.0 Å². The number of ether oxygens (including phenoxy) is 2. The number of nitrogens with zero attached hydrogens (tertiary/aromatic N) is 1. The molecule has 7 heteroatoms. The van der Waals surface area contributed by atoms with Crippen LogP contribution in [0.2, 0.25) is 0 Å². The van der Waals surface area contributed by atoms with E-state index >= 15 is 0 Å². The van der Waals surface area contributed by atoms with E-state index < -0.39 is 11.7 Å². The van der Waals surface area contributed by atoms with Crippen LogP contribution in [-0.4, -0.2) is 29.4 Å². The van der Waals surface area contributed by atoms with E-state index in [1.54, 1.807) is 45.9 Å². The third kappa shape index (κ3) is 4.45. The Balaban J connectivity index is 2.21. The van der Waals surface area contributed by atoms with Crippen LogP contribution in [0.15, 0.2) is 22.7 Å². The van der Waals surface area contributed by atoms with Crippen molar-refractivity contribution in [1.29, 1.82) is 0 Å². The molecule has 23 heavy (non-hydrogen) atoms. The number of esters is 1. The van der Waals surface area contributed by atoms with E-state index in [2.05, 4.69) is 10.5 Å². The molecule has 0 aliphatic carbocycles. The first-order chi connectivity index (χ1) is 10.8. The Hall–Kier alpha value is -2.57. The number of rotatable bonds is 4. The number of carbonyl (C=O) groups excluding carboxylic acids is 2. The highest BCUT2D eigenvalue weighted by Gasteiger charge is 2.19. The summed E-state index contributed by atoms with van der Waals surface area (Å²) < 4.78 is 15.4. The Morgan fingerprint density at radius 3 is 2.70 bits per heavy atom. The molecule has 0 aliphatic rings. The second kappa shape index (κ2) is 6.68. The Bertz CT molecular complexity index is 715. The number of amides is 1. The molecule has 1 aromatic heterocycles. The number of anilines is 1. The molecular weight excluding hydrogens is 300 g/mol. The van der Waals surface area contributed by atoms with Gasteiger partial charge in [-0.3, -0.25) is 10.1 Å². The van der Waals surface area contributed by atoms with Gasteiger partial charge in [0.15, 0.2) is 5.58 Å². The zero-order valence-corrected chi connectivity index (χ0v) is 13.6. The van der Waals surface area contributed by atoms with Crippen LogP contribution in [0, 0.1) is 0 Å². The van der Waals surface area contributed by atoms with Gasteiger partial charge in [-0.2, -0.15) is 0 Å². The van der Waals surface area contributed by atoms with Crippen LogP contribution in [0.5, 0.6) is 0 Å². The fraction of sp³-hybridized carbons (Fsp3) is 0.438. The SMILES string of the molecule is CCOC(=O)Cc1noc2c(NC(=O)OC(C)(C)C)cccc12. The van der Waals surface area contributed by atoms with Gasteiger partial charge in [0.25, 0.3) is 0 Å². The van der Waals surface area contributed by atoms with E-state index in [0.29, 0.717) is 29.0 Å². The van der Waals surface area contributed by atoms with Crippen molar-refractivity contribution in [2.75, 3.05) is 11.9 Å². The highest BCUT2D eigenvalue weighted by Crippen LogP contribution is 2.27. The zero-order chi connectivity index (χ0) is 17.0. The molecule has 124 valence electrons. The van der Waals surface area contributed by atoms with E-state index in [-0.39, 0.29) is 12.4 Å². The lowest BCUT2D eigenvalue weighted by Crippen LogP contribution is -2.27. The first-order valence-electron chi connectivity index (χ1n) is 7.33. The number of carbonyl (C=O) groups is 2. The Morgan fingerprint density at radius 1 is 1.30 bits per heavy atom. The van der Waals surface area contributed by atoms with Crippen molar-refractivity contribution in [3.63, 3.8) is 0 Å². The molecule has 1 amide bonds. The summed E-state index contributed by atoms with van der Waals surface area (Å²) >= 11 is 0. The molecule has 0 bridgehead atoms. The molecule has 1 N–H and O–H groups in total. The first-order valence-corrected chi connectivity index (χ1v) is 7.33. The van der Waals surface area contributed by atoms with Crippen molar-refractivity contribution in [3.8, 4) is 0 Å². The van der Waals surface area contributed by atoms with E-state index in [4.69, 9.17) is 14.0 Å². The molecule has 2 aromatic rings. The lowest BCUT2D eigenvalue weighted by molar-refractivity contribution is -0.142. The highest BCUT2D eigenvalue weighted by atomic mass is 16.6. The monoisotopic (exact) mass is 320 g/mol. The van der Waals surface area contributed by atoms with Crippen molar-refractivity contribution < 1.29 is 23.6 Å². The third-order valence-corrected chi connectivity index (χ3v) is 2.83. The van der Waals surface area contributed by atoms with Crippen LogP contribution >= 0.6 is 0 Å². The molecule has 7 nitrogen and oxygen atoms in total. The Labute approximate surface area is 133 Å². The van der Waals surface area contributed by atoms with Crippen molar-refractivity contribution >= 4 is 28.7 Å². The summed E-state index contributed by atoms with van der Waals surface area (Å²) in [7, 11) is 0. The molecular formula is C16H20N2O5. The van der Waals surface area contributed by atoms with Gasteiger partial charge in [0.05, 0.1) is 18.7 Å². The van der Waals surface area contributed by atoms with Crippen LogP contribution in [0.1, 0.15) is 33.4 Å². The fourth-order valence-electron chi connectivity index (χ4n) is 2.00. The summed E-state index contributed by atoms with van der Waals surface area (Å²) in [5.74, 6) is -0.381. The van der Waals surface area contributed by atoms with Crippen molar-refractivity contribution in [3.05, 3.63) is 23.9 Å². The average molecular weight is 320 g/mol. The van der Waals surface area contributed by atoms with Crippen molar-refractivity contribution in [2.24, 2.45) is 0 Å². The molecule has 0 aliphatic heterocycles. The van der Waals surface area contributed by atoms with Gasteiger partial charge in [0, 0.05) is 5.39 Å². The number of hydrogen-bond acceptors (Lipinski definition) is 6. The smallest absolute Gasteiger partial charge is 0.412 e. The first kappa shape index (κ1) is 16.8. The number of para-hydroxylation sites is 1. The van der Waals surface area contributed by atoms with E-state index in [9.17, 15) is 9.59 Å². The fourth-order valence-corrected chi connectivity index (χ4v) is 2.00. The largest absolute Gasteiger partial charge is 0.466 e. The maximum atomic E-state index is 11.9. The van der Waals surface area contributed by atoms with Gasteiger partial charge in [-0.1, -0.05) is 11.2 Å². The summed E-state index contributed by atoms with van der Waals surface area (Å²) in [6, 6.07) is 5.17. The van der Waals surface area contributed by atoms with Crippen LogP contribution < -0.4 is 5.32 Å². The van der Waals surface area contributed by atoms with E-state index in [0.717, 1.165) is 0 Å². The predicted octanol–water partition coefficient (Wildman–Crippen LogP) is 3.28. The van der Waals surface area contributed by atoms with Crippen LogP contribution in [0.4, 0.5) is 10.5 Å². The summed E-state index contributed by atoms with van der Waals surface area (Å²) in [4.78, 5) is 23.5. The standard InChI is InChI=1S/C16H20N2O5/c1-5-21-13(19)9-12-10-7-6-8-11(14(10)23-18-12)17-15(20)22-16(2,3)4/h6-8H,5,9H2,1-4H3,(H,17,20). The number of hydrogen-bond donors (Lipinski definition) is 1. The molecule has 1 heterocycles. The van der Waals surface area contributed by atoms with Crippen molar-refractivity contribution in [1.82, 2.24) is 5.16 Å².